The molecule has 0 aromatic heterocycles. The van der Waals surface area contributed by atoms with E-state index < -0.39 is 0 Å². The van der Waals surface area contributed by atoms with Gasteiger partial charge in [-0.05, 0) is 12.8 Å². The third-order valence-electron chi connectivity index (χ3n) is 2.85. The highest BCUT2D eigenvalue weighted by Crippen LogP contribution is 2.12. The summed E-state index contributed by atoms with van der Waals surface area (Å²) in [6.07, 6.45) is 1.89. The second-order valence-corrected chi connectivity index (χ2v) is 4.01. The number of hydrogen-bond acceptors (Lipinski definition) is 2. The van der Waals surface area contributed by atoms with Crippen LogP contribution in [0.15, 0.2) is 0 Å². The number of nitrogens with zero attached hydrogens (tertiary/aromatic N) is 1. The van der Waals surface area contributed by atoms with E-state index >= 15 is 0 Å². The molecule has 1 amide bonds. The van der Waals surface area contributed by atoms with Crippen LogP contribution in [0.3, 0.4) is 0 Å². The molecule has 0 bridgehead atoms. The van der Waals surface area contributed by atoms with Crippen molar-refractivity contribution in [3.63, 3.8) is 0 Å². The Morgan fingerprint density at radius 2 is 1.93 bits per heavy atom. The molecule has 0 saturated carbocycles. The Kier molecular flexibility index (Phi) is 4.51. The van der Waals surface area contributed by atoms with Crippen LogP contribution in [-0.2, 0) is 14.6 Å². The highest BCUT2D eigenvalue weighted by Gasteiger charge is 2.32. The lowest BCUT2D eigenvalue weighted by molar-refractivity contribution is -0.843. The van der Waals surface area contributed by atoms with E-state index in [9.17, 15) is 9.90 Å². The Morgan fingerprint density at radius 3 is 2.50 bits per heavy atom. The predicted molar refractivity (Wildman–Crippen MR) is 51.1 cm³/mol. The van der Waals surface area contributed by atoms with Crippen LogP contribution in [-0.4, -0.2) is 50.3 Å². The van der Waals surface area contributed by atoms with E-state index in [0.717, 1.165) is 19.5 Å². The Bertz CT molecular complexity index is 188. The minimum Gasteiger partial charge on any atom is -0.370 e. The summed E-state index contributed by atoms with van der Waals surface area (Å²) < 4.78 is 5.71. The lowest BCUT2D eigenvalue weighted by Crippen LogP contribution is -2.55. The number of morpholine rings is 1. The average Bonchev–Trinajstić information content (AvgIpc) is 2.19. The first-order valence-corrected chi connectivity index (χ1v) is 5.23. The molecule has 4 nitrogen and oxygen atoms in total. The SMILES string of the molecule is C[N+]1(C(=O)CCCC[O])CCOCC1. The number of unbranched alkanes of at least 4 members (excludes halogenated alkanes) is 1. The Balaban J connectivity index is 2.33. The normalized spacial score (nSPS) is 20.7. The summed E-state index contributed by atoms with van der Waals surface area (Å²) in [5.74, 6) is 0.252. The van der Waals surface area contributed by atoms with E-state index in [2.05, 4.69) is 0 Å². The van der Waals surface area contributed by atoms with Gasteiger partial charge in [-0.2, -0.15) is 0 Å². The van der Waals surface area contributed by atoms with Gasteiger partial charge < -0.3 is 4.74 Å². The van der Waals surface area contributed by atoms with Crippen LogP contribution in [0.25, 0.3) is 0 Å². The Morgan fingerprint density at radius 1 is 1.29 bits per heavy atom. The molecule has 1 aliphatic rings. The first-order chi connectivity index (χ1) is 6.69. The number of amides is 1. The van der Waals surface area contributed by atoms with Crippen molar-refractivity contribution >= 4 is 5.91 Å². The zero-order valence-corrected chi connectivity index (χ0v) is 8.83. The number of quaternary nitrogens is 1. The van der Waals surface area contributed by atoms with Gasteiger partial charge in [-0.15, -0.1) is 0 Å². The van der Waals surface area contributed by atoms with E-state index in [0.29, 0.717) is 30.5 Å². The van der Waals surface area contributed by atoms with Gasteiger partial charge in [-0.1, -0.05) is 0 Å². The molecule has 0 unspecified atom stereocenters. The van der Waals surface area contributed by atoms with Crippen LogP contribution in [0.4, 0.5) is 0 Å². The van der Waals surface area contributed by atoms with E-state index in [1.807, 2.05) is 7.05 Å². The minimum absolute atomic E-state index is 0.0693. The summed E-state index contributed by atoms with van der Waals surface area (Å²) >= 11 is 0. The molecule has 0 aromatic rings. The maximum Gasteiger partial charge on any atom is 0.313 e. The van der Waals surface area contributed by atoms with Crippen molar-refractivity contribution in [1.29, 1.82) is 0 Å². The van der Waals surface area contributed by atoms with Gasteiger partial charge in [0.25, 0.3) is 0 Å². The van der Waals surface area contributed by atoms with Gasteiger partial charge in [-0.25, -0.2) is 9.90 Å². The van der Waals surface area contributed by atoms with Crippen LogP contribution < -0.4 is 0 Å². The quantitative estimate of drug-likeness (QED) is 0.493. The van der Waals surface area contributed by atoms with Gasteiger partial charge in [-0.3, -0.25) is 4.48 Å². The maximum absolute atomic E-state index is 11.8. The molecule has 1 heterocycles. The summed E-state index contributed by atoms with van der Waals surface area (Å²) in [6.45, 7) is 2.82. The van der Waals surface area contributed by atoms with Crippen LogP contribution >= 0.6 is 0 Å². The fourth-order valence-electron chi connectivity index (χ4n) is 1.64. The van der Waals surface area contributed by atoms with Crippen molar-refractivity contribution < 1.29 is 19.1 Å². The van der Waals surface area contributed by atoms with Crippen molar-refractivity contribution in [3.05, 3.63) is 0 Å². The summed E-state index contributed by atoms with van der Waals surface area (Å²) in [5, 5.41) is 10.2. The zero-order valence-electron chi connectivity index (χ0n) is 8.83. The van der Waals surface area contributed by atoms with Crippen molar-refractivity contribution in [2.24, 2.45) is 0 Å². The molecule has 14 heavy (non-hydrogen) atoms. The number of hydrogen-bond donors (Lipinski definition) is 0. The third kappa shape index (κ3) is 3.04. The van der Waals surface area contributed by atoms with Crippen LogP contribution in [0.5, 0.6) is 0 Å². The number of rotatable bonds is 4. The first kappa shape index (κ1) is 11.6. The lowest BCUT2D eigenvalue weighted by Gasteiger charge is -2.34. The highest BCUT2D eigenvalue weighted by molar-refractivity contribution is 5.68. The minimum atomic E-state index is -0.0693. The van der Waals surface area contributed by atoms with Gasteiger partial charge >= 0.3 is 5.91 Å². The number of carbonyl (C=O) groups is 1. The fraction of sp³-hybridized carbons (Fsp3) is 0.900. The number of carbonyl (C=O) groups excluding carboxylic acids is 1. The lowest BCUT2D eigenvalue weighted by atomic mass is 10.2. The topological polar surface area (TPSA) is 46.2 Å². The van der Waals surface area contributed by atoms with Crippen LogP contribution in [0, 0.1) is 0 Å². The molecule has 0 atom stereocenters. The van der Waals surface area contributed by atoms with Gasteiger partial charge in [0.15, 0.2) is 0 Å². The summed E-state index contributed by atoms with van der Waals surface area (Å²) in [4.78, 5) is 11.8. The third-order valence-corrected chi connectivity index (χ3v) is 2.85. The molecule has 0 aromatic carbocycles. The number of ether oxygens (including phenoxy) is 1. The molecule has 1 rings (SSSR count). The van der Waals surface area contributed by atoms with Gasteiger partial charge in [0.2, 0.25) is 0 Å². The van der Waals surface area contributed by atoms with Gasteiger partial charge in [0, 0.05) is 0 Å². The molecule has 0 N–H and O–H groups in total. The van der Waals surface area contributed by atoms with Crippen molar-refractivity contribution in [2.45, 2.75) is 19.3 Å². The monoisotopic (exact) mass is 201 g/mol. The molecule has 0 aliphatic carbocycles. The second-order valence-electron chi connectivity index (χ2n) is 4.01. The summed E-state index contributed by atoms with van der Waals surface area (Å²) in [7, 11) is 1.96. The maximum atomic E-state index is 11.8. The van der Waals surface area contributed by atoms with Crippen molar-refractivity contribution in [1.82, 2.24) is 0 Å². The zero-order chi connectivity index (χ0) is 10.4. The van der Waals surface area contributed by atoms with Crippen LogP contribution in [0.2, 0.25) is 0 Å². The molecule has 1 aliphatic heterocycles. The average molecular weight is 201 g/mol. The molecule has 1 radical (unpaired) electrons. The predicted octanol–water partition coefficient (Wildman–Crippen LogP) is 0.591. The van der Waals surface area contributed by atoms with E-state index in [1.165, 1.54) is 0 Å². The van der Waals surface area contributed by atoms with Crippen molar-refractivity contribution in [3.8, 4) is 0 Å². The molecule has 4 heteroatoms. The van der Waals surface area contributed by atoms with E-state index in [1.54, 1.807) is 0 Å². The fourth-order valence-corrected chi connectivity index (χ4v) is 1.64. The Labute approximate surface area is 85.1 Å². The molecule has 81 valence electrons. The molecule has 1 fully saturated rings. The van der Waals surface area contributed by atoms with Gasteiger partial charge in [0.1, 0.15) is 13.1 Å². The Hall–Kier alpha value is -0.450. The summed E-state index contributed by atoms with van der Waals surface area (Å²) in [5.41, 5.74) is 0. The molecule has 0 spiro atoms. The molecular formula is C10H19NO3+. The first-order valence-electron chi connectivity index (χ1n) is 5.23. The van der Waals surface area contributed by atoms with Gasteiger partial charge in [0.05, 0.1) is 33.3 Å². The smallest absolute Gasteiger partial charge is 0.313 e. The number of likely N-dealkylation sites (N-methyl/N-ethyl adjacent to an activating group) is 1. The standard InChI is InChI=1S/C10H19NO3/c1-11(5-8-14-9-6-11)10(13)4-2-3-7-12/h2-9H2,1H3/q+1. The molecule has 1 saturated heterocycles. The molecular weight excluding hydrogens is 182 g/mol. The van der Waals surface area contributed by atoms with Crippen molar-refractivity contribution in [2.75, 3.05) is 40.0 Å². The van der Waals surface area contributed by atoms with E-state index in [4.69, 9.17) is 4.74 Å². The second kappa shape index (κ2) is 5.44. The van der Waals surface area contributed by atoms with Crippen LogP contribution in [0.1, 0.15) is 19.3 Å². The summed E-state index contributed by atoms with van der Waals surface area (Å²) in [6, 6.07) is 0. The van der Waals surface area contributed by atoms with E-state index in [-0.39, 0.29) is 12.5 Å². The highest BCUT2D eigenvalue weighted by atomic mass is 16.5. The largest absolute Gasteiger partial charge is 0.370 e.